The molecule has 0 radical (unpaired) electrons. The van der Waals surface area contributed by atoms with Crippen molar-refractivity contribution >= 4 is 17.5 Å². The highest BCUT2D eigenvalue weighted by Crippen LogP contribution is 2.24. The highest BCUT2D eigenvalue weighted by atomic mass is 16.2. The van der Waals surface area contributed by atoms with E-state index in [1.165, 1.54) is 24.8 Å². The van der Waals surface area contributed by atoms with Gasteiger partial charge >= 0.3 is 0 Å². The Bertz CT molecular complexity index is 663. The van der Waals surface area contributed by atoms with Gasteiger partial charge in [-0.25, -0.2) is 0 Å². The molecule has 2 amide bonds. The minimum atomic E-state index is -0.343. The third-order valence-electron chi connectivity index (χ3n) is 5.81. The number of rotatable bonds is 6. The number of nitrogens with one attached hydrogen (secondary N) is 2. The number of anilines is 1. The highest BCUT2D eigenvalue weighted by Gasteiger charge is 2.27. The molecule has 2 rings (SSSR count). The maximum absolute atomic E-state index is 12.6. The van der Waals surface area contributed by atoms with Crippen LogP contribution in [0.25, 0.3) is 0 Å². The van der Waals surface area contributed by atoms with Crippen LogP contribution in [0.4, 0.5) is 5.69 Å². The minimum Gasteiger partial charge on any atom is -0.352 e. The van der Waals surface area contributed by atoms with Gasteiger partial charge in [-0.2, -0.15) is 0 Å². The number of hydrogen-bond acceptors (Lipinski definition) is 3. The maximum Gasteiger partial charge on any atom is 0.238 e. The lowest BCUT2D eigenvalue weighted by molar-refractivity contribution is -0.127. The number of benzene rings is 1. The van der Waals surface area contributed by atoms with Crippen LogP contribution in [0.3, 0.4) is 0 Å². The van der Waals surface area contributed by atoms with Crippen LogP contribution in [0.1, 0.15) is 56.2 Å². The van der Waals surface area contributed by atoms with E-state index in [0.717, 1.165) is 23.2 Å². The summed E-state index contributed by atoms with van der Waals surface area (Å²) >= 11 is 0. The van der Waals surface area contributed by atoms with Crippen LogP contribution in [0.5, 0.6) is 0 Å². The van der Waals surface area contributed by atoms with E-state index in [2.05, 4.69) is 29.7 Å². The molecular formula is C22H35N3O2. The Labute approximate surface area is 163 Å². The standard InChI is InChI=1S/C22H35N3O2/c1-14-11-16(3)21(17(4)12-14)24-20(26)13-25(6)18(5)22(27)23-19-10-8-7-9-15(19)2/h11-12,15,18-19H,7-10,13H2,1-6H3,(H,23,27)(H,24,26)/t15-,18+,19+/m0/s1. The van der Waals surface area contributed by atoms with Gasteiger partial charge in [-0.15, -0.1) is 0 Å². The van der Waals surface area contributed by atoms with E-state index in [-0.39, 0.29) is 30.4 Å². The third kappa shape index (κ3) is 5.80. The Kier molecular flexibility index (Phi) is 7.42. The molecule has 0 heterocycles. The molecule has 0 saturated heterocycles. The van der Waals surface area contributed by atoms with Gasteiger partial charge in [0.2, 0.25) is 11.8 Å². The molecule has 0 bridgehead atoms. The van der Waals surface area contributed by atoms with Crippen LogP contribution in [-0.4, -0.2) is 42.4 Å². The SMILES string of the molecule is Cc1cc(C)c(NC(=O)CN(C)[C@H](C)C(=O)N[C@@H]2CCCC[C@@H]2C)c(C)c1. The second kappa shape index (κ2) is 9.36. The molecule has 3 atom stereocenters. The molecule has 1 aliphatic rings. The molecule has 1 saturated carbocycles. The summed E-state index contributed by atoms with van der Waals surface area (Å²) in [7, 11) is 1.82. The summed E-state index contributed by atoms with van der Waals surface area (Å²) in [6.45, 7) is 10.3. The Balaban J connectivity index is 1.90. The molecule has 1 aromatic rings. The molecule has 1 aromatic carbocycles. The fourth-order valence-corrected chi connectivity index (χ4v) is 3.95. The summed E-state index contributed by atoms with van der Waals surface area (Å²) < 4.78 is 0. The Hall–Kier alpha value is -1.88. The average Bonchev–Trinajstić information content (AvgIpc) is 2.59. The number of likely N-dealkylation sites (N-methyl/N-ethyl adjacent to an activating group) is 1. The molecule has 1 fully saturated rings. The van der Waals surface area contributed by atoms with Crippen LogP contribution in [0.2, 0.25) is 0 Å². The van der Waals surface area contributed by atoms with Crippen LogP contribution in [-0.2, 0) is 9.59 Å². The number of hydrogen-bond donors (Lipinski definition) is 2. The topological polar surface area (TPSA) is 61.4 Å². The first-order valence-corrected chi connectivity index (χ1v) is 10.1. The van der Waals surface area contributed by atoms with Gasteiger partial charge < -0.3 is 10.6 Å². The second-order valence-corrected chi connectivity index (χ2v) is 8.29. The molecule has 2 N–H and O–H groups in total. The van der Waals surface area contributed by atoms with Crippen molar-refractivity contribution in [2.75, 3.05) is 18.9 Å². The van der Waals surface area contributed by atoms with Crippen molar-refractivity contribution in [2.24, 2.45) is 5.92 Å². The van der Waals surface area contributed by atoms with Gasteiger partial charge in [0.1, 0.15) is 0 Å². The zero-order chi connectivity index (χ0) is 20.1. The predicted octanol–water partition coefficient (Wildman–Crippen LogP) is 3.57. The van der Waals surface area contributed by atoms with Crippen molar-refractivity contribution in [3.63, 3.8) is 0 Å². The van der Waals surface area contributed by atoms with Gasteiger partial charge in [0, 0.05) is 11.7 Å². The number of aryl methyl sites for hydroxylation is 3. The first-order chi connectivity index (χ1) is 12.7. The number of nitrogens with zero attached hydrogens (tertiary/aromatic N) is 1. The fourth-order valence-electron chi connectivity index (χ4n) is 3.95. The van der Waals surface area contributed by atoms with Crippen molar-refractivity contribution < 1.29 is 9.59 Å². The Morgan fingerprint density at radius 2 is 1.74 bits per heavy atom. The van der Waals surface area contributed by atoms with E-state index in [9.17, 15) is 9.59 Å². The van der Waals surface area contributed by atoms with E-state index in [1.807, 2.05) is 34.7 Å². The molecule has 0 aromatic heterocycles. The summed E-state index contributed by atoms with van der Waals surface area (Å²) in [5, 5.41) is 6.19. The fraction of sp³-hybridized carbons (Fsp3) is 0.636. The number of carbonyl (C=O) groups excluding carboxylic acids is 2. The summed E-state index contributed by atoms with van der Waals surface area (Å²) in [6.07, 6.45) is 4.65. The van der Waals surface area contributed by atoms with Crippen molar-refractivity contribution in [2.45, 2.75) is 72.4 Å². The van der Waals surface area contributed by atoms with E-state index in [1.54, 1.807) is 4.90 Å². The van der Waals surface area contributed by atoms with Crippen LogP contribution in [0, 0.1) is 26.7 Å². The molecule has 5 nitrogen and oxygen atoms in total. The Morgan fingerprint density at radius 3 is 2.33 bits per heavy atom. The average molecular weight is 374 g/mol. The van der Waals surface area contributed by atoms with Gasteiger partial charge in [0.25, 0.3) is 0 Å². The molecule has 1 aliphatic carbocycles. The normalized spacial score (nSPS) is 21.0. The summed E-state index contributed by atoms with van der Waals surface area (Å²) in [5.41, 5.74) is 4.16. The van der Waals surface area contributed by atoms with Crippen molar-refractivity contribution in [3.8, 4) is 0 Å². The van der Waals surface area contributed by atoms with E-state index in [4.69, 9.17) is 0 Å². The third-order valence-corrected chi connectivity index (χ3v) is 5.81. The highest BCUT2D eigenvalue weighted by molar-refractivity contribution is 5.94. The van der Waals surface area contributed by atoms with Crippen molar-refractivity contribution in [1.82, 2.24) is 10.2 Å². The molecule has 150 valence electrons. The number of amides is 2. The quantitative estimate of drug-likeness (QED) is 0.801. The van der Waals surface area contributed by atoms with Crippen molar-refractivity contribution in [1.29, 1.82) is 0 Å². The molecule has 0 aliphatic heterocycles. The zero-order valence-corrected chi connectivity index (χ0v) is 17.7. The summed E-state index contributed by atoms with van der Waals surface area (Å²) in [6, 6.07) is 4.04. The van der Waals surface area contributed by atoms with Crippen molar-refractivity contribution in [3.05, 3.63) is 28.8 Å². The maximum atomic E-state index is 12.6. The van der Waals surface area contributed by atoms with E-state index < -0.39 is 0 Å². The molecule has 27 heavy (non-hydrogen) atoms. The predicted molar refractivity (Wildman–Crippen MR) is 111 cm³/mol. The minimum absolute atomic E-state index is 0.00625. The molecule has 0 unspecified atom stereocenters. The van der Waals surface area contributed by atoms with Crippen LogP contribution in [0.15, 0.2) is 12.1 Å². The lowest BCUT2D eigenvalue weighted by Crippen LogP contribution is -2.50. The summed E-state index contributed by atoms with van der Waals surface area (Å²) in [5.74, 6) is 0.431. The van der Waals surface area contributed by atoms with Gasteiger partial charge in [-0.1, -0.05) is 37.5 Å². The Morgan fingerprint density at radius 1 is 1.15 bits per heavy atom. The monoisotopic (exact) mass is 373 g/mol. The lowest BCUT2D eigenvalue weighted by Gasteiger charge is -2.32. The van der Waals surface area contributed by atoms with E-state index in [0.29, 0.717) is 5.92 Å². The second-order valence-electron chi connectivity index (χ2n) is 8.29. The van der Waals surface area contributed by atoms with Gasteiger partial charge in [0.15, 0.2) is 0 Å². The van der Waals surface area contributed by atoms with Crippen LogP contribution >= 0.6 is 0 Å². The largest absolute Gasteiger partial charge is 0.352 e. The summed E-state index contributed by atoms with van der Waals surface area (Å²) in [4.78, 5) is 26.9. The molecular weight excluding hydrogens is 338 g/mol. The van der Waals surface area contributed by atoms with Gasteiger partial charge in [0.05, 0.1) is 12.6 Å². The smallest absolute Gasteiger partial charge is 0.238 e. The first kappa shape index (κ1) is 21.4. The lowest BCUT2D eigenvalue weighted by atomic mass is 9.86. The zero-order valence-electron chi connectivity index (χ0n) is 17.7. The van der Waals surface area contributed by atoms with E-state index >= 15 is 0 Å². The number of carbonyl (C=O) groups is 2. The van der Waals surface area contributed by atoms with Gasteiger partial charge in [-0.05, 0) is 64.6 Å². The first-order valence-electron chi connectivity index (χ1n) is 10.1. The molecule has 0 spiro atoms. The molecule has 5 heteroatoms. The van der Waals surface area contributed by atoms with Crippen LogP contribution < -0.4 is 10.6 Å². The van der Waals surface area contributed by atoms with Gasteiger partial charge in [-0.3, -0.25) is 14.5 Å².